The predicted octanol–water partition coefficient (Wildman–Crippen LogP) is 1.83. The van der Waals surface area contributed by atoms with Crippen LogP contribution in [0, 0.1) is 0 Å². The van der Waals surface area contributed by atoms with E-state index < -0.39 is 0 Å². The maximum Gasteiger partial charge on any atom is 0.155 e. The molecule has 0 heterocycles. The molecule has 0 atom stereocenters. The van der Waals surface area contributed by atoms with Gasteiger partial charge in [-0.15, -0.1) is 0 Å². The van der Waals surface area contributed by atoms with Crippen LogP contribution in [0.4, 0.5) is 0 Å². The van der Waals surface area contributed by atoms with Gasteiger partial charge in [-0.3, -0.25) is 4.79 Å². The molecule has 0 amide bonds. The molecule has 0 saturated heterocycles. The number of hydrogen-bond acceptors (Lipinski definition) is 2. The zero-order chi connectivity index (χ0) is 8.27. The van der Waals surface area contributed by atoms with Crippen LogP contribution in [0.2, 0.25) is 0 Å². The first kappa shape index (κ1) is 8.05. The van der Waals surface area contributed by atoms with Crippen LogP contribution < -0.4 is 0 Å². The molecule has 0 unspecified atom stereocenters. The average molecular weight is 152 g/mol. The third kappa shape index (κ3) is 1.93. The second-order valence-electron chi connectivity index (χ2n) is 2.57. The normalized spacial score (nSPS) is 16.9. The SMILES string of the molecule is COC1=CCC=C(C(C)=O)C1. The van der Waals surface area contributed by atoms with Crippen molar-refractivity contribution in [3.05, 3.63) is 23.5 Å². The molecular formula is C9H12O2. The average Bonchev–Trinajstić information content (AvgIpc) is 2.05. The van der Waals surface area contributed by atoms with Gasteiger partial charge in [0.1, 0.15) is 0 Å². The van der Waals surface area contributed by atoms with Crippen LogP contribution in [-0.2, 0) is 9.53 Å². The number of rotatable bonds is 2. The molecule has 0 aromatic heterocycles. The van der Waals surface area contributed by atoms with Gasteiger partial charge in [0.25, 0.3) is 0 Å². The lowest BCUT2D eigenvalue weighted by atomic mass is 10.0. The highest BCUT2D eigenvalue weighted by Crippen LogP contribution is 2.18. The molecule has 0 spiro atoms. The zero-order valence-electron chi connectivity index (χ0n) is 6.89. The van der Waals surface area contributed by atoms with Crippen molar-refractivity contribution in [2.45, 2.75) is 19.8 Å². The van der Waals surface area contributed by atoms with E-state index >= 15 is 0 Å². The molecule has 60 valence electrons. The topological polar surface area (TPSA) is 26.3 Å². The lowest BCUT2D eigenvalue weighted by Gasteiger charge is -2.11. The van der Waals surface area contributed by atoms with Crippen molar-refractivity contribution in [3.63, 3.8) is 0 Å². The number of carbonyl (C=O) groups is 1. The van der Waals surface area contributed by atoms with E-state index in [1.165, 1.54) is 0 Å². The number of ketones is 1. The van der Waals surface area contributed by atoms with Gasteiger partial charge >= 0.3 is 0 Å². The second-order valence-corrected chi connectivity index (χ2v) is 2.57. The highest BCUT2D eigenvalue weighted by atomic mass is 16.5. The van der Waals surface area contributed by atoms with Gasteiger partial charge in [-0.1, -0.05) is 6.08 Å². The Morgan fingerprint density at radius 2 is 2.27 bits per heavy atom. The molecule has 2 nitrogen and oxygen atoms in total. The van der Waals surface area contributed by atoms with E-state index in [2.05, 4.69) is 0 Å². The van der Waals surface area contributed by atoms with Crippen molar-refractivity contribution < 1.29 is 9.53 Å². The number of ether oxygens (including phenoxy) is 1. The maximum atomic E-state index is 10.9. The summed E-state index contributed by atoms with van der Waals surface area (Å²) < 4.78 is 5.04. The Morgan fingerprint density at radius 3 is 2.82 bits per heavy atom. The van der Waals surface area contributed by atoms with Crippen molar-refractivity contribution in [2.24, 2.45) is 0 Å². The standard InChI is InChI=1S/C9H12O2/c1-7(10)8-4-3-5-9(6-8)11-2/h4-5H,3,6H2,1-2H3. The molecule has 0 aromatic rings. The van der Waals surface area contributed by atoms with Gasteiger partial charge in [-0.05, 0) is 25.0 Å². The van der Waals surface area contributed by atoms with Crippen molar-refractivity contribution in [3.8, 4) is 0 Å². The maximum absolute atomic E-state index is 10.9. The first-order chi connectivity index (χ1) is 5.24. The smallest absolute Gasteiger partial charge is 0.155 e. The van der Waals surface area contributed by atoms with Gasteiger partial charge in [0, 0.05) is 6.42 Å². The molecule has 0 radical (unpaired) electrons. The number of Topliss-reactive ketones (excluding diaryl/α,β-unsaturated/α-hetero) is 1. The Balaban J connectivity index is 2.62. The van der Waals surface area contributed by atoms with Gasteiger partial charge in [0.2, 0.25) is 0 Å². The Kier molecular flexibility index (Phi) is 2.47. The van der Waals surface area contributed by atoms with Crippen molar-refractivity contribution in [2.75, 3.05) is 7.11 Å². The zero-order valence-corrected chi connectivity index (χ0v) is 6.89. The van der Waals surface area contributed by atoms with Gasteiger partial charge in [-0.25, -0.2) is 0 Å². The van der Waals surface area contributed by atoms with Crippen LogP contribution in [0.25, 0.3) is 0 Å². The quantitative estimate of drug-likeness (QED) is 0.603. The summed E-state index contributed by atoms with van der Waals surface area (Å²) in [5.41, 5.74) is 0.865. The number of hydrogen-bond donors (Lipinski definition) is 0. The molecule has 1 aliphatic rings. The molecule has 1 rings (SSSR count). The summed E-state index contributed by atoms with van der Waals surface area (Å²) in [6.07, 6.45) is 5.42. The van der Waals surface area contributed by atoms with E-state index in [0.29, 0.717) is 6.42 Å². The van der Waals surface area contributed by atoms with Crippen molar-refractivity contribution in [1.82, 2.24) is 0 Å². The summed E-state index contributed by atoms with van der Waals surface area (Å²) in [7, 11) is 1.63. The van der Waals surface area contributed by atoms with Crippen LogP contribution in [0.5, 0.6) is 0 Å². The Bertz CT molecular complexity index is 224. The van der Waals surface area contributed by atoms with E-state index in [0.717, 1.165) is 17.8 Å². The third-order valence-corrected chi connectivity index (χ3v) is 1.79. The Morgan fingerprint density at radius 1 is 1.55 bits per heavy atom. The van der Waals surface area contributed by atoms with E-state index in [1.54, 1.807) is 14.0 Å². The molecule has 11 heavy (non-hydrogen) atoms. The lowest BCUT2D eigenvalue weighted by Crippen LogP contribution is -2.02. The molecule has 0 aliphatic heterocycles. The summed E-state index contributed by atoms with van der Waals surface area (Å²) in [4.78, 5) is 10.9. The molecule has 0 fully saturated rings. The molecule has 1 aliphatic carbocycles. The van der Waals surface area contributed by atoms with Crippen LogP contribution >= 0.6 is 0 Å². The third-order valence-electron chi connectivity index (χ3n) is 1.79. The summed E-state index contributed by atoms with van der Waals surface area (Å²) in [6, 6.07) is 0. The fourth-order valence-electron chi connectivity index (χ4n) is 1.09. The molecule has 0 saturated carbocycles. The minimum atomic E-state index is 0.146. The highest BCUT2D eigenvalue weighted by Gasteiger charge is 2.10. The minimum absolute atomic E-state index is 0.146. The molecule has 0 bridgehead atoms. The Labute approximate surface area is 66.5 Å². The number of carbonyl (C=O) groups excluding carboxylic acids is 1. The first-order valence-corrected chi connectivity index (χ1v) is 3.67. The van der Waals surface area contributed by atoms with E-state index in [1.807, 2.05) is 12.2 Å². The van der Waals surface area contributed by atoms with E-state index in [-0.39, 0.29) is 5.78 Å². The summed E-state index contributed by atoms with van der Waals surface area (Å²) in [5, 5.41) is 0. The van der Waals surface area contributed by atoms with Crippen LogP contribution in [-0.4, -0.2) is 12.9 Å². The number of methoxy groups -OCH3 is 1. The van der Waals surface area contributed by atoms with Gasteiger partial charge in [0.05, 0.1) is 12.9 Å². The predicted molar refractivity (Wildman–Crippen MR) is 43.1 cm³/mol. The van der Waals surface area contributed by atoms with E-state index in [9.17, 15) is 4.79 Å². The monoisotopic (exact) mass is 152 g/mol. The van der Waals surface area contributed by atoms with Crippen molar-refractivity contribution in [1.29, 1.82) is 0 Å². The van der Waals surface area contributed by atoms with Crippen molar-refractivity contribution >= 4 is 5.78 Å². The van der Waals surface area contributed by atoms with Crippen LogP contribution in [0.1, 0.15) is 19.8 Å². The molecule has 0 aromatic carbocycles. The molecule has 2 heteroatoms. The summed E-state index contributed by atoms with van der Waals surface area (Å²) >= 11 is 0. The largest absolute Gasteiger partial charge is 0.501 e. The van der Waals surface area contributed by atoms with Crippen LogP contribution in [0.15, 0.2) is 23.5 Å². The van der Waals surface area contributed by atoms with Gasteiger partial charge in [-0.2, -0.15) is 0 Å². The fraction of sp³-hybridized carbons (Fsp3) is 0.444. The summed E-state index contributed by atoms with van der Waals surface area (Å²) in [5.74, 6) is 1.05. The minimum Gasteiger partial charge on any atom is -0.501 e. The Hall–Kier alpha value is -1.05. The fourth-order valence-corrected chi connectivity index (χ4v) is 1.09. The lowest BCUT2D eigenvalue weighted by molar-refractivity contribution is -0.113. The van der Waals surface area contributed by atoms with Gasteiger partial charge < -0.3 is 4.74 Å². The summed E-state index contributed by atoms with van der Waals surface area (Å²) in [6.45, 7) is 1.59. The van der Waals surface area contributed by atoms with Gasteiger partial charge in [0.15, 0.2) is 5.78 Å². The second kappa shape index (κ2) is 3.37. The highest BCUT2D eigenvalue weighted by molar-refractivity contribution is 5.93. The molecular weight excluding hydrogens is 140 g/mol. The first-order valence-electron chi connectivity index (χ1n) is 3.67. The number of allylic oxidation sites excluding steroid dienone is 3. The van der Waals surface area contributed by atoms with Crippen LogP contribution in [0.3, 0.4) is 0 Å². The van der Waals surface area contributed by atoms with E-state index in [4.69, 9.17) is 4.74 Å². The molecule has 0 N–H and O–H groups in total.